The standard InChI is InChI=1S/C28H25ClF2N6O2S/c1-17(19-7-10-22(29)11-8-19)27-15-33-35-37(27)26-14-21(20-5-4-6-23(13-20)40(38,39)32-3)9-12-25(26)36-16-24(28(30)31)34-18(36)2/h4-17,28,32H,1-3H3. The normalized spacial score (nSPS) is 12.7. The van der Waals surface area contributed by atoms with Crippen LogP contribution < -0.4 is 4.72 Å². The first-order chi connectivity index (χ1) is 19.1. The van der Waals surface area contributed by atoms with Gasteiger partial charge in [0.25, 0.3) is 6.43 Å². The van der Waals surface area contributed by atoms with Gasteiger partial charge >= 0.3 is 0 Å². The number of nitrogens with one attached hydrogen (secondary N) is 1. The largest absolute Gasteiger partial charge is 0.301 e. The van der Waals surface area contributed by atoms with Gasteiger partial charge in [0.05, 0.1) is 28.2 Å². The fourth-order valence-electron chi connectivity index (χ4n) is 4.53. The quantitative estimate of drug-likeness (QED) is 0.239. The van der Waals surface area contributed by atoms with Crippen molar-refractivity contribution in [2.75, 3.05) is 7.05 Å². The van der Waals surface area contributed by atoms with Crippen LogP contribution in [-0.2, 0) is 10.0 Å². The number of imidazole rings is 1. The van der Waals surface area contributed by atoms with Crippen LogP contribution in [0.25, 0.3) is 22.5 Å². The Bertz CT molecular complexity index is 1780. The van der Waals surface area contributed by atoms with Gasteiger partial charge in [0.1, 0.15) is 11.5 Å². The van der Waals surface area contributed by atoms with Gasteiger partial charge in [0, 0.05) is 17.1 Å². The van der Waals surface area contributed by atoms with Crippen molar-refractivity contribution < 1.29 is 17.2 Å². The minimum absolute atomic E-state index is 0.114. The van der Waals surface area contributed by atoms with E-state index < -0.39 is 16.4 Å². The molecule has 5 aromatic rings. The van der Waals surface area contributed by atoms with E-state index in [0.29, 0.717) is 33.3 Å². The Hall–Kier alpha value is -3.93. The summed E-state index contributed by atoms with van der Waals surface area (Å²) in [6.45, 7) is 3.65. The van der Waals surface area contributed by atoms with Crippen molar-refractivity contribution in [1.82, 2.24) is 29.3 Å². The summed E-state index contributed by atoms with van der Waals surface area (Å²) < 4.78 is 57.5. The summed E-state index contributed by atoms with van der Waals surface area (Å²) in [5.41, 5.74) is 3.83. The third-order valence-electron chi connectivity index (χ3n) is 6.72. The molecule has 2 heterocycles. The van der Waals surface area contributed by atoms with Gasteiger partial charge in [-0.05, 0) is 67.1 Å². The molecule has 0 saturated carbocycles. The molecule has 1 unspecified atom stereocenters. The number of hydrogen-bond acceptors (Lipinski definition) is 5. The summed E-state index contributed by atoms with van der Waals surface area (Å²) >= 11 is 6.09. The van der Waals surface area contributed by atoms with E-state index in [9.17, 15) is 17.2 Å². The van der Waals surface area contributed by atoms with E-state index in [1.807, 2.05) is 25.1 Å². The zero-order chi connectivity index (χ0) is 28.6. The van der Waals surface area contributed by atoms with Crippen molar-refractivity contribution in [1.29, 1.82) is 0 Å². The summed E-state index contributed by atoms with van der Waals surface area (Å²) in [5.74, 6) is 0.229. The Balaban J connectivity index is 1.70. The average Bonchev–Trinajstić information content (AvgIpc) is 3.60. The molecule has 206 valence electrons. The fourth-order valence-corrected chi connectivity index (χ4v) is 5.43. The van der Waals surface area contributed by atoms with Crippen LogP contribution >= 0.6 is 11.6 Å². The first kappa shape index (κ1) is 27.6. The fraction of sp³-hybridized carbons (Fsp3) is 0.179. The molecule has 12 heteroatoms. The number of rotatable bonds is 8. The topological polar surface area (TPSA) is 94.7 Å². The van der Waals surface area contributed by atoms with Gasteiger partial charge < -0.3 is 4.57 Å². The van der Waals surface area contributed by atoms with Gasteiger partial charge in [-0.25, -0.2) is 31.6 Å². The molecule has 3 aromatic carbocycles. The highest BCUT2D eigenvalue weighted by molar-refractivity contribution is 7.89. The summed E-state index contributed by atoms with van der Waals surface area (Å²) in [4.78, 5) is 4.15. The minimum Gasteiger partial charge on any atom is -0.301 e. The van der Waals surface area contributed by atoms with Crippen LogP contribution in [0.15, 0.2) is 84.0 Å². The van der Waals surface area contributed by atoms with E-state index in [4.69, 9.17) is 11.6 Å². The molecular weight excluding hydrogens is 558 g/mol. The predicted octanol–water partition coefficient (Wildman–Crippen LogP) is 6.08. The summed E-state index contributed by atoms with van der Waals surface area (Å²) in [6, 6.07) is 19.4. The number of sulfonamides is 1. The van der Waals surface area contributed by atoms with E-state index >= 15 is 0 Å². The molecule has 0 amide bonds. The summed E-state index contributed by atoms with van der Waals surface area (Å²) in [5, 5.41) is 9.15. The highest BCUT2D eigenvalue weighted by Gasteiger charge is 2.22. The molecular formula is C28H25ClF2N6O2S. The predicted molar refractivity (Wildman–Crippen MR) is 149 cm³/mol. The van der Waals surface area contributed by atoms with Crippen LogP contribution in [0.4, 0.5) is 8.78 Å². The number of nitrogens with zero attached hydrogens (tertiary/aromatic N) is 5. The van der Waals surface area contributed by atoms with Crippen LogP contribution in [0.1, 0.15) is 42.0 Å². The average molecular weight is 583 g/mol. The lowest BCUT2D eigenvalue weighted by molar-refractivity contribution is 0.146. The Morgan fingerprint density at radius 1 is 0.975 bits per heavy atom. The zero-order valence-electron chi connectivity index (χ0n) is 21.8. The Labute approximate surface area is 235 Å². The molecule has 8 nitrogen and oxygen atoms in total. The van der Waals surface area contributed by atoms with Gasteiger partial charge in [-0.3, -0.25) is 0 Å². The molecule has 0 radical (unpaired) electrons. The van der Waals surface area contributed by atoms with Gasteiger partial charge in [-0.1, -0.05) is 54.1 Å². The molecule has 5 rings (SSSR count). The van der Waals surface area contributed by atoms with Gasteiger partial charge in [0.2, 0.25) is 10.0 Å². The second-order valence-corrected chi connectivity index (χ2v) is 11.5. The molecule has 2 aromatic heterocycles. The van der Waals surface area contributed by atoms with Crippen molar-refractivity contribution in [3.05, 3.63) is 107 Å². The van der Waals surface area contributed by atoms with Crippen LogP contribution in [0.3, 0.4) is 0 Å². The number of halogens is 3. The Kier molecular flexibility index (Phi) is 7.54. The lowest BCUT2D eigenvalue weighted by Crippen LogP contribution is -2.18. The molecule has 40 heavy (non-hydrogen) atoms. The van der Waals surface area contributed by atoms with Crippen molar-refractivity contribution in [2.45, 2.75) is 31.1 Å². The Morgan fingerprint density at radius 3 is 2.38 bits per heavy atom. The smallest absolute Gasteiger partial charge is 0.281 e. The molecule has 1 atom stereocenters. The first-order valence-electron chi connectivity index (χ1n) is 12.3. The molecule has 1 N–H and O–H groups in total. The van der Waals surface area contributed by atoms with E-state index in [-0.39, 0.29) is 16.5 Å². The monoisotopic (exact) mass is 582 g/mol. The minimum atomic E-state index is -3.67. The maximum absolute atomic E-state index is 13.5. The van der Waals surface area contributed by atoms with Crippen LogP contribution in [0.2, 0.25) is 5.02 Å². The highest BCUT2D eigenvalue weighted by Crippen LogP contribution is 2.33. The second kappa shape index (κ2) is 10.9. The third-order valence-corrected chi connectivity index (χ3v) is 8.39. The number of hydrogen-bond donors (Lipinski definition) is 1. The molecule has 0 spiro atoms. The van der Waals surface area contributed by atoms with Crippen LogP contribution in [-0.4, -0.2) is 40.0 Å². The second-order valence-electron chi connectivity index (χ2n) is 9.17. The molecule has 0 aliphatic heterocycles. The highest BCUT2D eigenvalue weighted by atomic mass is 35.5. The van der Waals surface area contributed by atoms with Crippen molar-refractivity contribution in [3.63, 3.8) is 0 Å². The lowest BCUT2D eigenvalue weighted by Gasteiger charge is -2.18. The van der Waals surface area contributed by atoms with Crippen molar-refractivity contribution in [3.8, 4) is 22.5 Å². The van der Waals surface area contributed by atoms with Crippen molar-refractivity contribution >= 4 is 21.6 Å². The number of alkyl halides is 2. The van der Waals surface area contributed by atoms with Gasteiger partial charge in [-0.2, -0.15) is 0 Å². The number of benzene rings is 3. The molecule has 0 aliphatic carbocycles. The van der Waals surface area contributed by atoms with E-state index in [0.717, 1.165) is 11.3 Å². The third kappa shape index (κ3) is 5.27. The maximum Gasteiger partial charge on any atom is 0.281 e. The zero-order valence-corrected chi connectivity index (χ0v) is 23.3. The number of aromatic nitrogens is 5. The van der Waals surface area contributed by atoms with Gasteiger partial charge in [0.15, 0.2) is 0 Å². The molecule has 0 aliphatic rings. The molecule has 0 saturated heterocycles. The summed E-state index contributed by atoms with van der Waals surface area (Å²) in [7, 11) is -2.31. The first-order valence-corrected chi connectivity index (χ1v) is 14.1. The Morgan fingerprint density at radius 2 is 1.70 bits per heavy atom. The lowest BCUT2D eigenvalue weighted by atomic mass is 9.98. The number of aryl methyl sites for hydroxylation is 1. The van der Waals surface area contributed by atoms with Crippen LogP contribution in [0, 0.1) is 6.92 Å². The van der Waals surface area contributed by atoms with Crippen molar-refractivity contribution in [2.24, 2.45) is 0 Å². The van der Waals surface area contributed by atoms with Gasteiger partial charge in [-0.15, -0.1) is 5.10 Å². The molecule has 0 fully saturated rings. The van der Waals surface area contributed by atoms with E-state index in [1.165, 1.54) is 19.3 Å². The van der Waals surface area contributed by atoms with E-state index in [2.05, 4.69) is 20.0 Å². The van der Waals surface area contributed by atoms with Crippen LogP contribution in [0.5, 0.6) is 0 Å². The maximum atomic E-state index is 13.5. The van der Waals surface area contributed by atoms with E-state index in [1.54, 1.807) is 64.8 Å². The molecule has 0 bridgehead atoms. The summed E-state index contributed by atoms with van der Waals surface area (Å²) in [6.07, 6.45) is 0.227. The SMILES string of the molecule is CNS(=O)(=O)c1cccc(-c2ccc(-n3cc(C(F)F)nc3C)c(-n3nncc3C(C)c3ccc(Cl)cc3)c2)c1.